The lowest BCUT2D eigenvalue weighted by Gasteiger charge is -1.97. The van der Waals surface area contributed by atoms with Crippen LogP contribution in [0.1, 0.15) is 34.0 Å². The number of pyridine rings is 1. The second kappa shape index (κ2) is 5.74. The van der Waals surface area contributed by atoms with E-state index in [1.54, 1.807) is 12.4 Å². The SMILES string of the molecule is C[C@H](N)c1csc(C(=O)c2c[nH]c3ncccc23)n1.S. The number of aromatic amines is 1. The minimum atomic E-state index is -0.164. The summed E-state index contributed by atoms with van der Waals surface area (Å²) in [4.78, 5) is 23.9. The summed E-state index contributed by atoms with van der Waals surface area (Å²) in [5.41, 5.74) is 7.79. The van der Waals surface area contributed by atoms with Crippen molar-refractivity contribution in [3.8, 4) is 0 Å². The van der Waals surface area contributed by atoms with E-state index < -0.39 is 0 Å². The summed E-state index contributed by atoms with van der Waals surface area (Å²) < 4.78 is 0. The highest BCUT2D eigenvalue weighted by molar-refractivity contribution is 7.59. The molecule has 0 aromatic carbocycles. The highest BCUT2D eigenvalue weighted by Gasteiger charge is 2.18. The molecule has 0 aliphatic carbocycles. The third-order valence-corrected chi connectivity index (χ3v) is 3.74. The maximum absolute atomic E-state index is 12.4. The number of nitrogens with two attached hydrogens (primary N) is 1. The van der Waals surface area contributed by atoms with Gasteiger partial charge in [-0.2, -0.15) is 13.5 Å². The fraction of sp³-hybridized carbons (Fsp3) is 0.154. The zero-order valence-corrected chi connectivity index (χ0v) is 12.6. The van der Waals surface area contributed by atoms with Gasteiger partial charge in [0.25, 0.3) is 0 Å². The maximum Gasteiger partial charge on any atom is 0.223 e. The highest BCUT2D eigenvalue weighted by Crippen LogP contribution is 2.22. The third-order valence-electron chi connectivity index (χ3n) is 2.88. The van der Waals surface area contributed by atoms with Gasteiger partial charge in [0.2, 0.25) is 5.78 Å². The predicted molar refractivity (Wildman–Crippen MR) is 84.6 cm³/mol. The molecule has 0 aliphatic heterocycles. The van der Waals surface area contributed by atoms with Crippen molar-refractivity contribution in [2.24, 2.45) is 5.73 Å². The molecule has 3 aromatic heterocycles. The van der Waals surface area contributed by atoms with Crippen molar-refractivity contribution < 1.29 is 4.79 Å². The molecule has 0 spiro atoms. The van der Waals surface area contributed by atoms with Crippen LogP contribution in [0.15, 0.2) is 29.9 Å². The number of rotatable bonds is 3. The molecule has 0 aliphatic rings. The molecule has 0 amide bonds. The Balaban J connectivity index is 0.00000147. The van der Waals surface area contributed by atoms with Crippen molar-refractivity contribution in [1.82, 2.24) is 15.0 Å². The second-order valence-corrected chi connectivity index (χ2v) is 5.16. The lowest BCUT2D eigenvalue weighted by Crippen LogP contribution is -2.06. The number of carbonyl (C=O) groups is 1. The van der Waals surface area contributed by atoms with Crippen LogP contribution >= 0.6 is 24.8 Å². The fourth-order valence-corrected chi connectivity index (χ4v) is 2.73. The zero-order valence-electron chi connectivity index (χ0n) is 10.8. The van der Waals surface area contributed by atoms with Gasteiger partial charge in [0, 0.05) is 29.2 Å². The molecule has 20 heavy (non-hydrogen) atoms. The van der Waals surface area contributed by atoms with Gasteiger partial charge in [-0.3, -0.25) is 4.79 Å². The first-order valence-corrected chi connectivity index (χ1v) is 6.72. The van der Waals surface area contributed by atoms with E-state index in [0.717, 1.165) is 11.1 Å². The quantitative estimate of drug-likeness (QED) is 0.728. The normalized spacial score (nSPS) is 12.1. The first-order valence-electron chi connectivity index (χ1n) is 5.84. The molecule has 3 N–H and O–H groups in total. The van der Waals surface area contributed by atoms with Gasteiger partial charge in [-0.05, 0) is 19.1 Å². The van der Waals surface area contributed by atoms with Crippen LogP contribution < -0.4 is 5.73 Å². The summed E-state index contributed by atoms with van der Waals surface area (Å²) in [5, 5.41) is 3.09. The van der Waals surface area contributed by atoms with Crippen LogP contribution in [0.5, 0.6) is 0 Å². The monoisotopic (exact) mass is 306 g/mol. The summed E-state index contributed by atoms with van der Waals surface area (Å²) in [6.07, 6.45) is 3.36. The van der Waals surface area contributed by atoms with Crippen molar-refractivity contribution in [3.63, 3.8) is 0 Å². The number of hydrogen-bond donors (Lipinski definition) is 2. The van der Waals surface area contributed by atoms with Crippen LogP contribution in [0.4, 0.5) is 0 Å². The van der Waals surface area contributed by atoms with Crippen LogP contribution in [0.2, 0.25) is 0 Å². The standard InChI is InChI=1S/C13H12N4OS.H2S/c1-7(14)10-6-19-13(17-10)11(18)9-5-16-12-8(9)3-2-4-15-12;/h2-7H,14H2,1H3,(H,15,16);1H2/t7-;/m0./s1. The molecule has 0 unspecified atom stereocenters. The number of nitrogens with zero attached hydrogens (tertiary/aromatic N) is 2. The Kier molecular flexibility index (Phi) is 4.22. The van der Waals surface area contributed by atoms with E-state index in [9.17, 15) is 4.79 Å². The van der Waals surface area contributed by atoms with Crippen molar-refractivity contribution in [2.45, 2.75) is 13.0 Å². The summed E-state index contributed by atoms with van der Waals surface area (Å²) in [5.74, 6) is -0.101. The Morgan fingerprint density at radius 3 is 3.00 bits per heavy atom. The molecule has 3 aromatic rings. The van der Waals surface area contributed by atoms with Crippen LogP contribution in [0, 0.1) is 0 Å². The highest BCUT2D eigenvalue weighted by atomic mass is 32.1. The van der Waals surface area contributed by atoms with Gasteiger partial charge >= 0.3 is 0 Å². The first kappa shape index (κ1) is 14.7. The topological polar surface area (TPSA) is 84.7 Å². The van der Waals surface area contributed by atoms with E-state index in [1.165, 1.54) is 11.3 Å². The largest absolute Gasteiger partial charge is 0.345 e. The van der Waals surface area contributed by atoms with Crippen molar-refractivity contribution in [3.05, 3.63) is 46.2 Å². The Morgan fingerprint density at radius 2 is 2.30 bits per heavy atom. The van der Waals surface area contributed by atoms with Gasteiger partial charge in [-0.1, -0.05) is 0 Å². The molecule has 3 rings (SSSR count). The number of fused-ring (bicyclic) bond motifs is 1. The van der Waals surface area contributed by atoms with Crippen LogP contribution in [0.3, 0.4) is 0 Å². The van der Waals surface area contributed by atoms with Crippen LogP contribution in [-0.2, 0) is 0 Å². The zero-order chi connectivity index (χ0) is 13.4. The second-order valence-electron chi connectivity index (χ2n) is 4.30. The molecule has 0 radical (unpaired) electrons. The molecule has 104 valence electrons. The Morgan fingerprint density at radius 1 is 1.50 bits per heavy atom. The molecule has 7 heteroatoms. The average Bonchev–Trinajstić information content (AvgIpc) is 3.05. The maximum atomic E-state index is 12.4. The number of hydrogen-bond acceptors (Lipinski definition) is 5. The Labute approximate surface area is 126 Å². The molecule has 0 saturated carbocycles. The Bertz CT molecular complexity index is 748. The third kappa shape index (κ3) is 2.47. The van der Waals surface area contributed by atoms with E-state index >= 15 is 0 Å². The molecule has 0 fully saturated rings. The molecule has 0 bridgehead atoms. The van der Waals surface area contributed by atoms with E-state index in [2.05, 4.69) is 15.0 Å². The fourth-order valence-electron chi connectivity index (χ4n) is 1.86. The van der Waals surface area contributed by atoms with E-state index in [4.69, 9.17) is 5.73 Å². The van der Waals surface area contributed by atoms with Gasteiger partial charge in [-0.25, -0.2) is 9.97 Å². The molecule has 1 atom stereocenters. The van der Waals surface area contributed by atoms with Gasteiger partial charge in [0.15, 0.2) is 5.01 Å². The number of nitrogens with one attached hydrogen (secondary N) is 1. The lowest BCUT2D eigenvalue weighted by molar-refractivity contribution is 0.104. The van der Waals surface area contributed by atoms with Crippen molar-refractivity contribution in [1.29, 1.82) is 0 Å². The predicted octanol–water partition coefficient (Wildman–Crippen LogP) is 2.38. The van der Waals surface area contributed by atoms with E-state index in [-0.39, 0.29) is 25.3 Å². The lowest BCUT2D eigenvalue weighted by atomic mass is 10.1. The summed E-state index contributed by atoms with van der Waals surface area (Å²) in [6, 6.07) is 3.51. The van der Waals surface area contributed by atoms with Gasteiger partial charge in [0.1, 0.15) is 5.65 Å². The molecule has 3 heterocycles. The van der Waals surface area contributed by atoms with Crippen LogP contribution in [0.25, 0.3) is 11.0 Å². The molecular formula is C13H14N4OS2. The first-order chi connectivity index (χ1) is 9.16. The van der Waals surface area contributed by atoms with Gasteiger partial charge in [-0.15, -0.1) is 11.3 Å². The van der Waals surface area contributed by atoms with E-state index in [1.807, 2.05) is 24.4 Å². The summed E-state index contributed by atoms with van der Waals surface area (Å²) >= 11 is 1.32. The Hall–Kier alpha value is -1.70. The van der Waals surface area contributed by atoms with Crippen molar-refractivity contribution in [2.75, 3.05) is 0 Å². The number of carbonyl (C=O) groups excluding carboxylic acids is 1. The average molecular weight is 306 g/mol. The number of ketones is 1. The summed E-state index contributed by atoms with van der Waals surface area (Å²) in [7, 11) is 0. The molecule has 0 saturated heterocycles. The van der Waals surface area contributed by atoms with Crippen molar-refractivity contribution >= 4 is 41.6 Å². The van der Waals surface area contributed by atoms with Crippen LogP contribution in [-0.4, -0.2) is 20.7 Å². The minimum Gasteiger partial charge on any atom is -0.345 e. The number of H-pyrrole nitrogens is 1. The summed E-state index contributed by atoms with van der Waals surface area (Å²) in [6.45, 7) is 1.85. The minimum absolute atomic E-state index is 0. The van der Waals surface area contributed by atoms with E-state index in [0.29, 0.717) is 16.2 Å². The molecule has 5 nitrogen and oxygen atoms in total. The molecular weight excluding hydrogens is 292 g/mol. The number of aromatic nitrogens is 3. The smallest absolute Gasteiger partial charge is 0.223 e. The number of thiazole rings is 1. The van der Waals surface area contributed by atoms with Gasteiger partial charge in [0.05, 0.1) is 11.3 Å². The van der Waals surface area contributed by atoms with Gasteiger partial charge < -0.3 is 10.7 Å².